The normalized spacial score (nSPS) is 14.5. The Labute approximate surface area is 123 Å². The third-order valence-electron chi connectivity index (χ3n) is 4.49. The Morgan fingerprint density at radius 2 is 0.842 bits per heavy atom. The van der Waals surface area contributed by atoms with E-state index in [1.807, 2.05) is 0 Å². The molecule has 0 unspecified atom stereocenters. The van der Waals surface area contributed by atoms with Gasteiger partial charge in [0, 0.05) is 0 Å². The lowest BCUT2D eigenvalue weighted by atomic mass is 9.94. The lowest BCUT2D eigenvalue weighted by molar-refractivity contribution is 0.412. The van der Waals surface area contributed by atoms with Crippen molar-refractivity contribution in [2.24, 2.45) is 11.8 Å². The van der Waals surface area contributed by atoms with Crippen molar-refractivity contribution >= 4 is 0 Å². The minimum Gasteiger partial charge on any atom is -0.0654 e. The molecule has 0 nitrogen and oxygen atoms in total. The average Bonchev–Trinajstić information content (AvgIpc) is 2.41. The van der Waals surface area contributed by atoms with Gasteiger partial charge in [0.15, 0.2) is 0 Å². The number of hydrogen-bond donors (Lipinski definition) is 0. The zero-order chi connectivity index (χ0) is 14.3. The molecule has 0 spiro atoms. The van der Waals surface area contributed by atoms with Crippen LogP contribution in [-0.2, 0) is 0 Å². The molecule has 2 atom stereocenters. The summed E-state index contributed by atoms with van der Waals surface area (Å²) < 4.78 is 0. The van der Waals surface area contributed by atoms with Gasteiger partial charge in [-0.2, -0.15) is 0 Å². The second-order valence-electron chi connectivity index (χ2n) is 6.84. The quantitative estimate of drug-likeness (QED) is 0.288. The second kappa shape index (κ2) is 14.4. The average molecular weight is 269 g/mol. The molecule has 0 rings (SSSR count). The standard InChI is InChI=1S/C19H40/c1-5-7-9-11-15-19(4)17-13-10-12-16-18(3)14-8-6-2/h18-19H,5-17H2,1-4H3/t18-,19-/m1/s1. The molecule has 0 heterocycles. The van der Waals surface area contributed by atoms with Gasteiger partial charge in [-0.05, 0) is 11.8 Å². The molecule has 0 aromatic rings. The van der Waals surface area contributed by atoms with E-state index in [1.165, 1.54) is 83.5 Å². The van der Waals surface area contributed by atoms with Crippen molar-refractivity contribution in [1.82, 2.24) is 0 Å². The van der Waals surface area contributed by atoms with Gasteiger partial charge in [0.05, 0.1) is 0 Å². The molecule has 0 aromatic heterocycles. The van der Waals surface area contributed by atoms with E-state index < -0.39 is 0 Å². The Balaban J connectivity index is 3.24. The molecule has 19 heavy (non-hydrogen) atoms. The molecule has 0 radical (unpaired) electrons. The van der Waals surface area contributed by atoms with Gasteiger partial charge < -0.3 is 0 Å². The molecule has 0 N–H and O–H groups in total. The van der Waals surface area contributed by atoms with Crippen LogP contribution in [0.5, 0.6) is 0 Å². The Morgan fingerprint density at radius 1 is 0.474 bits per heavy atom. The first-order valence-electron chi connectivity index (χ1n) is 9.20. The van der Waals surface area contributed by atoms with E-state index in [2.05, 4.69) is 27.7 Å². The van der Waals surface area contributed by atoms with Gasteiger partial charge in [0.1, 0.15) is 0 Å². The van der Waals surface area contributed by atoms with E-state index >= 15 is 0 Å². The summed E-state index contributed by atoms with van der Waals surface area (Å²) in [6, 6.07) is 0. The van der Waals surface area contributed by atoms with Crippen molar-refractivity contribution in [3.63, 3.8) is 0 Å². The number of hydrogen-bond acceptors (Lipinski definition) is 0. The summed E-state index contributed by atoms with van der Waals surface area (Å²) in [4.78, 5) is 0. The predicted molar refractivity (Wildman–Crippen MR) is 89.7 cm³/mol. The summed E-state index contributed by atoms with van der Waals surface area (Å²) in [6.45, 7) is 9.49. The van der Waals surface area contributed by atoms with Crippen molar-refractivity contribution in [1.29, 1.82) is 0 Å². The Hall–Kier alpha value is 0. The molecule has 0 saturated carbocycles. The molecular formula is C19H40. The number of unbranched alkanes of at least 4 members (excludes halogenated alkanes) is 6. The fourth-order valence-corrected chi connectivity index (χ4v) is 2.92. The first-order chi connectivity index (χ1) is 9.20. The molecule has 0 aliphatic rings. The maximum Gasteiger partial charge on any atom is -0.0443 e. The minimum atomic E-state index is 0.964. The second-order valence-corrected chi connectivity index (χ2v) is 6.84. The highest BCUT2D eigenvalue weighted by Crippen LogP contribution is 2.20. The van der Waals surface area contributed by atoms with Crippen molar-refractivity contribution < 1.29 is 0 Å². The molecule has 0 aliphatic heterocycles. The molecular weight excluding hydrogens is 228 g/mol. The Kier molecular flexibility index (Phi) is 14.4. The van der Waals surface area contributed by atoms with E-state index in [1.54, 1.807) is 0 Å². The maximum atomic E-state index is 2.45. The molecule has 0 saturated heterocycles. The largest absolute Gasteiger partial charge is 0.0654 e. The summed E-state index contributed by atoms with van der Waals surface area (Å²) in [5.41, 5.74) is 0. The van der Waals surface area contributed by atoms with Crippen LogP contribution in [0.3, 0.4) is 0 Å². The highest BCUT2D eigenvalue weighted by Gasteiger charge is 2.04. The molecule has 0 amide bonds. The molecule has 0 bridgehead atoms. The van der Waals surface area contributed by atoms with Crippen molar-refractivity contribution in [3.05, 3.63) is 0 Å². The third kappa shape index (κ3) is 14.2. The lowest BCUT2D eigenvalue weighted by Gasteiger charge is -2.12. The number of rotatable bonds is 14. The van der Waals surface area contributed by atoms with Gasteiger partial charge in [0.25, 0.3) is 0 Å². The monoisotopic (exact) mass is 268 g/mol. The first kappa shape index (κ1) is 19.0. The fraction of sp³-hybridized carbons (Fsp3) is 1.00. The summed E-state index contributed by atoms with van der Waals surface area (Å²) in [5, 5.41) is 0. The summed E-state index contributed by atoms with van der Waals surface area (Å²) >= 11 is 0. The van der Waals surface area contributed by atoms with Crippen LogP contribution in [0.4, 0.5) is 0 Å². The van der Waals surface area contributed by atoms with E-state index in [0.717, 1.165) is 11.8 Å². The first-order valence-corrected chi connectivity index (χ1v) is 9.20. The molecule has 116 valence electrons. The van der Waals surface area contributed by atoms with Crippen LogP contribution < -0.4 is 0 Å². The zero-order valence-corrected chi connectivity index (χ0v) is 14.3. The summed E-state index contributed by atoms with van der Waals surface area (Å²) in [7, 11) is 0. The third-order valence-corrected chi connectivity index (χ3v) is 4.49. The lowest BCUT2D eigenvalue weighted by Crippen LogP contribution is -1.97. The zero-order valence-electron chi connectivity index (χ0n) is 14.3. The van der Waals surface area contributed by atoms with E-state index in [9.17, 15) is 0 Å². The SMILES string of the molecule is CCCCCC[C@@H](C)CCCCC[C@H](C)CCCC. The van der Waals surface area contributed by atoms with Gasteiger partial charge in [-0.15, -0.1) is 0 Å². The van der Waals surface area contributed by atoms with Crippen LogP contribution in [0.25, 0.3) is 0 Å². The van der Waals surface area contributed by atoms with Crippen LogP contribution in [0.1, 0.15) is 111 Å². The van der Waals surface area contributed by atoms with Gasteiger partial charge in [-0.3, -0.25) is 0 Å². The molecule has 0 fully saturated rings. The van der Waals surface area contributed by atoms with E-state index in [0.29, 0.717) is 0 Å². The van der Waals surface area contributed by atoms with Gasteiger partial charge in [0.2, 0.25) is 0 Å². The van der Waals surface area contributed by atoms with E-state index in [4.69, 9.17) is 0 Å². The molecule has 0 heteroatoms. The highest BCUT2D eigenvalue weighted by molar-refractivity contribution is 4.57. The van der Waals surface area contributed by atoms with Crippen LogP contribution in [-0.4, -0.2) is 0 Å². The van der Waals surface area contributed by atoms with E-state index in [-0.39, 0.29) is 0 Å². The summed E-state index contributed by atoms with van der Waals surface area (Å²) in [6.07, 6.45) is 18.7. The summed E-state index contributed by atoms with van der Waals surface area (Å²) in [5.74, 6) is 1.93. The molecule has 0 aliphatic carbocycles. The predicted octanol–water partition coefficient (Wildman–Crippen LogP) is 7.37. The minimum absolute atomic E-state index is 0.964. The van der Waals surface area contributed by atoms with Crippen LogP contribution in [0.15, 0.2) is 0 Å². The molecule has 0 aromatic carbocycles. The Morgan fingerprint density at radius 3 is 1.26 bits per heavy atom. The Bertz CT molecular complexity index is 161. The van der Waals surface area contributed by atoms with Crippen LogP contribution >= 0.6 is 0 Å². The highest BCUT2D eigenvalue weighted by atomic mass is 14.1. The van der Waals surface area contributed by atoms with Crippen LogP contribution in [0.2, 0.25) is 0 Å². The maximum absolute atomic E-state index is 2.45. The van der Waals surface area contributed by atoms with Crippen molar-refractivity contribution in [2.45, 2.75) is 111 Å². The van der Waals surface area contributed by atoms with Crippen molar-refractivity contribution in [3.8, 4) is 0 Å². The van der Waals surface area contributed by atoms with Crippen LogP contribution in [0, 0.1) is 11.8 Å². The van der Waals surface area contributed by atoms with Gasteiger partial charge in [-0.1, -0.05) is 111 Å². The van der Waals surface area contributed by atoms with Gasteiger partial charge in [-0.25, -0.2) is 0 Å². The van der Waals surface area contributed by atoms with Gasteiger partial charge >= 0.3 is 0 Å². The smallest absolute Gasteiger partial charge is 0.0443 e. The van der Waals surface area contributed by atoms with Crippen molar-refractivity contribution in [2.75, 3.05) is 0 Å². The fourth-order valence-electron chi connectivity index (χ4n) is 2.92. The topological polar surface area (TPSA) is 0 Å².